The molecule has 1 aliphatic rings. The Hall–Kier alpha value is -3.22. The highest BCUT2D eigenvalue weighted by atomic mass is 32.2. The van der Waals surface area contributed by atoms with Crippen molar-refractivity contribution in [2.24, 2.45) is 0 Å². The molecule has 1 aliphatic heterocycles. The minimum atomic E-state index is -0.0803. The summed E-state index contributed by atoms with van der Waals surface area (Å²) in [5.41, 5.74) is 6.85. The lowest BCUT2D eigenvalue weighted by molar-refractivity contribution is 0.278. The quantitative estimate of drug-likeness (QED) is 0.281. The Labute approximate surface area is 191 Å². The molecule has 160 valence electrons. The highest BCUT2D eigenvalue weighted by molar-refractivity contribution is 7.98. The molecule has 2 aromatic carbocycles. The predicted molar refractivity (Wildman–Crippen MR) is 126 cm³/mol. The van der Waals surface area contributed by atoms with Crippen LogP contribution in [0, 0.1) is 13.8 Å². The van der Waals surface area contributed by atoms with Crippen LogP contribution < -0.4 is 4.74 Å². The SMILES string of the molecule is Cc1ccc(-c2nc3c(c(SCc4ccccc4)n2)Cc2c(CO)cnc(C)c2O3)cc1. The van der Waals surface area contributed by atoms with Crippen LogP contribution in [0.3, 0.4) is 0 Å². The van der Waals surface area contributed by atoms with E-state index in [1.165, 1.54) is 11.1 Å². The van der Waals surface area contributed by atoms with Gasteiger partial charge in [-0.05, 0) is 19.4 Å². The van der Waals surface area contributed by atoms with Gasteiger partial charge in [-0.1, -0.05) is 60.2 Å². The number of pyridine rings is 1. The molecule has 0 saturated carbocycles. The van der Waals surface area contributed by atoms with Crippen molar-refractivity contribution in [3.05, 3.63) is 94.3 Å². The summed E-state index contributed by atoms with van der Waals surface area (Å²) in [5.74, 6) is 2.70. The Morgan fingerprint density at radius 2 is 1.75 bits per heavy atom. The van der Waals surface area contributed by atoms with Crippen LogP contribution in [0.5, 0.6) is 11.6 Å². The Morgan fingerprint density at radius 1 is 0.969 bits per heavy atom. The number of aliphatic hydroxyl groups excluding tert-OH is 1. The summed E-state index contributed by atoms with van der Waals surface area (Å²) in [6.45, 7) is 3.90. The van der Waals surface area contributed by atoms with E-state index < -0.39 is 0 Å². The maximum absolute atomic E-state index is 9.84. The second-order valence-corrected chi connectivity index (χ2v) is 8.85. The van der Waals surface area contributed by atoms with Crippen LogP contribution in [0.15, 0.2) is 65.8 Å². The number of rotatable bonds is 5. The van der Waals surface area contributed by atoms with Gasteiger partial charge >= 0.3 is 0 Å². The van der Waals surface area contributed by atoms with Gasteiger partial charge in [-0.25, -0.2) is 4.98 Å². The molecule has 32 heavy (non-hydrogen) atoms. The van der Waals surface area contributed by atoms with E-state index in [9.17, 15) is 5.11 Å². The summed E-state index contributed by atoms with van der Waals surface area (Å²) in [5, 5.41) is 10.7. The van der Waals surface area contributed by atoms with Gasteiger partial charge in [0.2, 0.25) is 5.88 Å². The Kier molecular flexibility index (Phi) is 5.64. The molecule has 6 heteroatoms. The number of nitrogens with zero attached hydrogens (tertiary/aromatic N) is 3. The van der Waals surface area contributed by atoms with Gasteiger partial charge in [0, 0.05) is 35.1 Å². The highest BCUT2D eigenvalue weighted by Gasteiger charge is 2.27. The molecular weight excluding hydrogens is 418 g/mol. The summed E-state index contributed by atoms with van der Waals surface area (Å²) in [4.78, 5) is 14.1. The summed E-state index contributed by atoms with van der Waals surface area (Å²) in [7, 11) is 0. The number of hydrogen-bond donors (Lipinski definition) is 1. The normalized spacial score (nSPS) is 12.1. The van der Waals surface area contributed by atoms with Crippen molar-refractivity contribution in [2.45, 2.75) is 37.7 Å². The van der Waals surface area contributed by atoms with Crippen molar-refractivity contribution in [1.29, 1.82) is 0 Å². The molecular formula is C26H23N3O2S. The Bertz CT molecular complexity index is 1270. The van der Waals surface area contributed by atoms with Crippen molar-refractivity contribution in [1.82, 2.24) is 15.0 Å². The zero-order valence-corrected chi connectivity index (χ0v) is 18.8. The first kappa shape index (κ1) is 20.7. The van der Waals surface area contributed by atoms with Gasteiger partial charge in [0.1, 0.15) is 5.03 Å². The van der Waals surface area contributed by atoms with E-state index in [4.69, 9.17) is 14.7 Å². The lowest BCUT2D eigenvalue weighted by Gasteiger charge is -2.24. The van der Waals surface area contributed by atoms with E-state index >= 15 is 0 Å². The predicted octanol–water partition coefficient (Wildman–Crippen LogP) is 5.64. The number of benzene rings is 2. The molecule has 0 atom stereocenters. The van der Waals surface area contributed by atoms with Gasteiger partial charge in [-0.15, -0.1) is 11.8 Å². The first-order chi connectivity index (χ1) is 15.6. The van der Waals surface area contributed by atoms with Gasteiger partial charge in [0.05, 0.1) is 17.9 Å². The molecule has 0 bridgehead atoms. The third-order valence-electron chi connectivity index (χ3n) is 5.59. The number of aromatic nitrogens is 3. The van der Waals surface area contributed by atoms with Crippen LogP contribution in [0.4, 0.5) is 0 Å². The lowest BCUT2D eigenvalue weighted by Crippen LogP contribution is -2.13. The number of ether oxygens (including phenoxy) is 1. The van der Waals surface area contributed by atoms with Gasteiger partial charge in [-0.3, -0.25) is 4.98 Å². The van der Waals surface area contributed by atoms with Crippen molar-refractivity contribution in [3.8, 4) is 23.0 Å². The van der Waals surface area contributed by atoms with E-state index in [0.29, 0.717) is 23.9 Å². The average molecular weight is 442 g/mol. The molecule has 0 spiro atoms. The van der Waals surface area contributed by atoms with E-state index in [2.05, 4.69) is 36.2 Å². The van der Waals surface area contributed by atoms with Crippen LogP contribution in [-0.2, 0) is 18.8 Å². The molecule has 5 nitrogen and oxygen atoms in total. The molecule has 2 aromatic heterocycles. The van der Waals surface area contributed by atoms with Gasteiger partial charge in [0.25, 0.3) is 0 Å². The van der Waals surface area contributed by atoms with Crippen LogP contribution in [-0.4, -0.2) is 20.1 Å². The van der Waals surface area contributed by atoms with Crippen LogP contribution in [0.2, 0.25) is 0 Å². The van der Waals surface area contributed by atoms with Crippen molar-refractivity contribution in [3.63, 3.8) is 0 Å². The third-order valence-corrected chi connectivity index (χ3v) is 6.68. The average Bonchev–Trinajstić information content (AvgIpc) is 2.83. The summed E-state index contributed by atoms with van der Waals surface area (Å²) in [6.07, 6.45) is 2.33. The van der Waals surface area contributed by atoms with E-state index in [0.717, 1.165) is 38.7 Å². The van der Waals surface area contributed by atoms with Crippen LogP contribution >= 0.6 is 11.8 Å². The zero-order chi connectivity index (χ0) is 22.1. The van der Waals surface area contributed by atoms with Gasteiger partial charge in [-0.2, -0.15) is 4.98 Å². The zero-order valence-electron chi connectivity index (χ0n) is 18.0. The first-order valence-electron chi connectivity index (χ1n) is 10.5. The van der Waals surface area contributed by atoms with Gasteiger partial charge in [0.15, 0.2) is 11.6 Å². The fourth-order valence-corrected chi connectivity index (χ4v) is 4.75. The molecule has 0 amide bonds. The van der Waals surface area contributed by atoms with E-state index in [1.54, 1.807) is 18.0 Å². The maximum atomic E-state index is 9.84. The fraction of sp³-hybridized carbons (Fsp3) is 0.192. The van der Waals surface area contributed by atoms with Crippen molar-refractivity contribution in [2.75, 3.05) is 0 Å². The Morgan fingerprint density at radius 3 is 2.50 bits per heavy atom. The molecule has 0 saturated heterocycles. The molecule has 0 aliphatic carbocycles. The molecule has 1 N–H and O–H groups in total. The van der Waals surface area contributed by atoms with E-state index in [-0.39, 0.29) is 6.61 Å². The highest BCUT2D eigenvalue weighted by Crippen LogP contribution is 2.43. The Balaban J connectivity index is 1.59. The second-order valence-electron chi connectivity index (χ2n) is 7.89. The summed E-state index contributed by atoms with van der Waals surface area (Å²) < 4.78 is 6.29. The maximum Gasteiger partial charge on any atom is 0.227 e. The molecule has 3 heterocycles. The number of aliphatic hydroxyl groups is 1. The molecule has 5 rings (SSSR count). The van der Waals surface area contributed by atoms with Gasteiger partial charge < -0.3 is 9.84 Å². The standard InChI is InChI=1S/C26H23N3O2S/c1-16-8-10-19(11-9-16)24-28-25-22(26(29-24)32-15-18-6-4-3-5-7-18)12-21-20(14-30)13-27-17(2)23(21)31-25/h3-11,13,30H,12,14-15H2,1-2H3. The van der Waals surface area contributed by atoms with Crippen molar-refractivity contribution >= 4 is 11.8 Å². The largest absolute Gasteiger partial charge is 0.436 e. The smallest absolute Gasteiger partial charge is 0.227 e. The monoisotopic (exact) mass is 441 g/mol. The number of fused-ring (bicyclic) bond motifs is 2. The van der Waals surface area contributed by atoms with Crippen molar-refractivity contribution < 1.29 is 9.84 Å². The molecule has 0 fully saturated rings. The van der Waals surface area contributed by atoms with E-state index in [1.807, 2.05) is 37.3 Å². The number of thioether (sulfide) groups is 1. The molecule has 0 radical (unpaired) electrons. The third kappa shape index (κ3) is 3.99. The lowest BCUT2D eigenvalue weighted by atomic mass is 9.99. The molecule has 0 unspecified atom stereocenters. The number of hydrogen-bond acceptors (Lipinski definition) is 6. The van der Waals surface area contributed by atoms with Crippen LogP contribution in [0.1, 0.15) is 33.5 Å². The minimum absolute atomic E-state index is 0.0803. The molecule has 4 aromatic rings. The second kappa shape index (κ2) is 8.73. The summed E-state index contributed by atoms with van der Waals surface area (Å²) in [6, 6.07) is 18.6. The first-order valence-corrected chi connectivity index (χ1v) is 11.5. The minimum Gasteiger partial charge on any atom is -0.436 e. The topological polar surface area (TPSA) is 68.1 Å². The fourth-order valence-electron chi connectivity index (χ4n) is 3.77. The summed E-state index contributed by atoms with van der Waals surface area (Å²) >= 11 is 1.68. The number of aryl methyl sites for hydroxylation is 2. The van der Waals surface area contributed by atoms with Crippen LogP contribution in [0.25, 0.3) is 11.4 Å².